The van der Waals surface area contributed by atoms with Crippen molar-refractivity contribution in [1.82, 2.24) is 40.4 Å². The van der Waals surface area contributed by atoms with Crippen LogP contribution in [0.3, 0.4) is 0 Å². The van der Waals surface area contributed by atoms with Gasteiger partial charge in [0.1, 0.15) is 5.82 Å². The molecule has 0 saturated heterocycles. The van der Waals surface area contributed by atoms with Gasteiger partial charge in [-0.3, -0.25) is 9.78 Å². The van der Waals surface area contributed by atoms with Crippen LogP contribution in [0.15, 0.2) is 72.9 Å². The first kappa shape index (κ1) is 22.3. The maximum atomic E-state index is 12.8. The number of carbonyl (C=O) groups excluding carboxylic acids is 1. The van der Waals surface area contributed by atoms with E-state index in [4.69, 9.17) is 0 Å². The van der Waals surface area contributed by atoms with Gasteiger partial charge in [-0.2, -0.15) is 0 Å². The van der Waals surface area contributed by atoms with Crippen LogP contribution in [0.4, 0.5) is 0 Å². The van der Waals surface area contributed by atoms with Gasteiger partial charge in [-0.15, -0.1) is 10.2 Å². The van der Waals surface area contributed by atoms with E-state index >= 15 is 0 Å². The van der Waals surface area contributed by atoms with Gasteiger partial charge < -0.3 is 0 Å². The highest BCUT2D eigenvalue weighted by atomic mass is 16.1. The van der Waals surface area contributed by atoms with E-state index in [0.29, 0.717) is 18.8 Å². The Morgan fingerprint density at radius 1 is 0.971 bits per heavy atom. The van der Waals surface area contributed by atoms with Gasteiger partial charge in [-0.25, -0.2) is 14.8 Å². The van der Waals surface area contributed by atoms with Gasteiger partial charge in [0.25, 0.3) is 0 Å². The standard InChI is InChI=1S/C26H24N8O/c1-2-15-34-23(28-26(31-34)22(35)16-18-7-4-3-5-8-18)17-19-10-12-20(13-11-19)24-21(9-6-14-27-24)25-29-32-33-30-25/h3-14H,2,15-17H2,1H3,(H,29,30,32,33). The third-order valence-electron chi connectivity index (χ3n) is 5.64. The van der Waals surface area contributed by atoms with Crippen molar-refractivity contribution in [3.63, 3.8) is 0 Å². The summed E-state index contributed by atoms with van der Waals surface area (Å²) in [7, 11) is 0. The van der Waals surface area contributed by atoms with Crippen molar-refractivity contribution < 1.29 is 4.79 Å². The molecule has 9 heteroatoms. The lowest BCUT2D eigenvalue weighted by Gasteiger charge is -2.08. The Morgan fingerprint density at radius 2 is 1.80 bits per heavy atom. The molecule has 0 aliphatic carbocycles. The number of nitrogens with zero attached hydrogens (tertiary/aromatic N) is 7. The van der Waals surface area contributed by atoms with Crippen molar-refractivity contribution >= 4 is 5.78 Å². The fraction of sp³-hybridized carbons (Fsp3) is 0.192. The fourth-order valence-corrected chi connectivity index (χ4v) is 3.94. The minimum atomic E-state index is -0.0766. The van der Waals surface area contributed by atoms with Crippen LogP contribution in [0, 0.1) is 0 Å². The predicted molar refractivity (Wildman–Crippen MR) is 130 cm³/mol. The largest absolute Gasteiger partial charge is 0.290 e. The summed E-state index contributed by atoms with van der Waals surface area (Å²) in [6.45, 7) is 2.79. The lowest BCUT2D eigenvalue weighted by molar-refractivity contribution is 0.0982. The number of nitrogens with one attached hydrogen (secondary N) is 1. The van der Waals surface area contributed by atoms with E-state index in [1.165, 1.54) is 0 Å². The van der Waals surface area contributed by atoms with Crippen LogP contribution in [0.2, 0.25) is 0 Å². The van der Waals surface area contributed by atoms with Crippen LogP contribution in [0.1, 0.15) is 40.9 Å². The zero-order valence-electron chi connectivity index (χ0n) is 19.3. The van der Waals surface area contributed by atoms with Crippen LogP contribution < -0.4 is 0 Å². The van der Waals surface area contributed by atoms with Crippen molar-refractivity contribution in [2.75, 3.05) is 0 Å². The molecule has 174 valence electrons. The quantitative estimate of drug-likeness (QED) is 0.328. The molecule has 0 amide bonds. The molecule has 5 aromatic rings. The van der Waals surface area contributed by atoms with E-state index in [0.717, 1.165) is 40.2 Å². The number of aryl methyl sites for hydroxylation is 1. The van der Waals surface area contributed by atoms with Crippen molar-refractivity contribution in [3.05, 3.63) is 95.7 Å². The van der Waals surface area contributed by atoms with Gasteiger partial charge in [-0.05, 0) is 40.1 Å². The zero-order valence-corrected chi connectivity index (χ0v) is 19.3. The minimum absolute atomic E-state index is 0.0766. The van der Waals surface area contributed by atoms with Gasteiger partial charge in [0.2, 0.25) is 11.6 Å². The van der Waals surface area contributed by atoms with E-state index < -0.39 is 0 Å². The molecule has 0 atom stereocenters. The minimum Gasteiger partial charge on any atom is -0.290 e. The lowest BCUT2D eigenvalue weighted by atomic mass is 10.0. The molecule has 0 spiro atoms. The fourth-order valence-electron chi connectivity index (χ4n) is 3.94. The molecule has 1 N–H and O–H groups in total. The summed E-state index contributed by atoms with van der Waals surface area (Å²) in [6.07, 6.45) is 3.52. The first-order chi connectivity index (χ1) is 17.2. The number of carbonyl (C=O) groups is 1. The third kappa shape index (κ3) is 5.03. The summed E-state index contributed by atoms with van der Waals surface area (Å²) >= 11 is 0. The highest BCUT2D eigenvalue weighted by Gasteiger charge is 2.17. The van der Waals surface area contributed by atoms with E-state index in [1.54, 1.807) is 6.20 Å². The molecule has 3 heterocycles. The Morgan fingerprint density at radius 3 is 2.54 bits per heavy atom. The molecule has 0 radical (unpaired) electrons. The second kappa shape index (κ2) is 10.2. The summed E-state index contributed by atoms with van der Waals surface area (Å²) in [6, 6.07) is 21.6. The molecule has 9 nitrogen and oxygen atoms in total. The number of H-pyrrole nitrogens is 1. The first-order valence-electron chi connectivity index (χ1n) is 11.5. The molecule has 0 fully saturated rings. The van der Waals surface area contributed by atoms with Crippen molar-refractivity contribution in [2.45, 2.75) is 32.7 Å². The molecule has 0 aliphatic rings. The van der Waals surface area contributed by atoms with E-state index in [2.05, 4.69) is 42.6 Å². The molecular weight excluding hydrogens is 440 g/mol. The number of aromatic amines is 1. The Balaban J connectivity index is 1.37. The molecule has 35 heavy (non-hydrogen) atoms. The van der Waals surface area contributed by atoms with E-state index in [9.17, 15) is 4.79 Å². The summed E-state index contributed by atoms with van der Waals surface area (Å²) in [5.74, 6) is 1.54. The maximum Gasteiger partial charge on any atom is 0.217 e. The topological polar surface area (TPSA) is 115 Å². The summed E-state index contributed by atoms with van der Waals surface area (Å²) in [4.78, 5) is 22.0. The number of rotatable bonds is 9. The lowest BCUT2D eigenvalue weighted by Crippen LogP contribution is -2.08. The smallest absolute Gasteiger partial charge is 0.217 e. The number of benzene rings is 2. The summed E-state index contributed by atoms with van der Waals surface area (Å²) < 4.78 is 1.85. The number of ketones is 1. The Kier molecular flexibility index (Phi) is 6.47. The van der Waals surface area contributed by atoms with Crippen LogP contribution in [-0.4, -0.2) is 46.2 Å². The number of aromatic nitrogens is 8. The molecule has 0 unspecified atom stereocenters. The second-order valence-electron chi connectivity index (χ2n) is 8.18. The molecular formula is C26H24N8O. The number of pyridine rings is 1. The maximum absolute atomic E-state index is 12.8. The van der Waals surface area contributed by atoms with Gasteiger partial charge in [-0.1, -0.05) is 61.5 Å². The Bertz CT molecular complexity index is 1410. The average molecular weight is 465 g/mol. The molecule has 5 rings (SSSR count). The van der Waals surface area contributed by atoms with Crippen LogP contribution in [0.5, 0.6) is 0 Å². The number of hydrogen-bond donors (Lipinski definition) is 1. The molecule has 0 saturated carbocycles. The predicted octanol–water partition coefficient (Wildman–Crippen LogP) is 3.95. The van der Waals surface area contributed by atoms with Crippen molar-refractivity contribution in [3.8, 4) is 22.6 Å². The van der Waals surface area contributed by atoms with Crippen molar-refractivity contribution in [2.24, 2.45) is 0 Å². The van der Waals surface area contributed by atoms with Gasteiger partial charge >= 0.3 is 0 Å². The van der Waals surface area contributed by atoms with E-state index in [1.807, 2.05) is 71.4 Å². The van der Waals surface area contributed by atoms with Gasteiger partial charge in [0, 0.05) is 36.7 Å². The normalized spacial score (nSPS) is 11.0. The highest BCUT2D eigenvalue weighted by molar-refractivity contribution is 5.94. The van der Waals surface area contributed by atoms with Gasteiger partial charge in [0.05, 0.1) is 5.69 Å². The van der Waals surface area contributed by atoms with Crippen LogP contribution in [-0.2, 0) is 19.4 Å². The monoisotopic (exact) mass is 464 g/mol. The van der Waals surface area contributed by atoms with E-state index in [-0.39, 0.29) is 18.0 Å². The number of hydrogen-bond acceptors (Lipinski definition) is 7. The zero-order chi connectivity index (χ0) is 24.0. The average Bonchev–Trinajstić information content (AvgIpc) is 3.56. The van der Waals surface area contributed by atoms with Crippen LogP contribution >= 0.6 is 0 Å². The molecule has 2 aromatic carbocycles. The summed E-state index contributed by atoms with van der Waals surface area (Å²) in [5.41, 5.74) is 4.60. The SMILES string of the molecule is CCCn1nc(C(=O)Cc2ccccc2)nc1Cc1ccc(-c2ncccc2-c2nnn[nH]2)cc1. The Hall–Kier alpha value is -4.53. The Labute approximate surface area is 202 Å². The number of tetrazole rings is 1. The molecule has 0 aliphatic heterocycles. The first-order valence-corrected chi connectivity index (χ1v) is 11.5. The summed E-state index contributed by atoms with van der Waals surface area (Å²) in [5, 5.41) is 18.7. The van der Waals surface area contributed by atoms with Crippen molar-refractivity contribution in [1.29, 1.82) is 0 Å². The highest BCUT2D eigenvalue weighted by Crippen LogP contribution is 2.27. The number of Topliss-reactive ketones (excluding diaryl/α,β-unsaturated/α-hetero) is 1. The second-order valence-corrected chi connectivity index (χ2v) is 8.18. The molecule has 3 aromatic heterocycles. The third-order valence-corrected chi connectivity index (χ3v) is 5.64. The van der Waals surface area contributed by atoms with Crippen LogP contribution in [0.25, 0.3) is 22.6 Å². The molecule has 0 bridgehead atoms. The van der Waals surface area contributed by atoms with Gasteiger partial charge in [0.15, 0.2) is 5.82 Å².